The first-order valence-electron chi connectivity index (χ1n) is 13.9. The van der Waals surface area contributed by atoms with Crippen LogP contribution in [0, 0.1) is 20.8 Å². The van der Waals surface area contributed by atoms with Crippen LogP contribution in [0.4, 0.5) is 0 Å². The molecule has 0 spiro atoms. The molecule has 1 aliphatic heterocycles. The number of aryl methyl sites for hydroxylation is 4. The quantitative estimate of drug-likeness (QED) is 0.292. The van der Waals surface area contributed by atoms with Crippen molar-refractivity contribution < 1.29 is 4.70 Å². The van der Waals surface area contributed by atoms with Gasteiger partial charge in [-0.15, -0.1) is 0 Å². The molecule has 0 aliphatic carbocycles. The molecule has 0 unspecified atom stereocenters. The van der Waals surface area contributed by atoms with Gasteiger partial charge in [0.15, 0.2) is 0 Å². The molecule has 1 heterocycles. The van der Waals surface area contributed by atoms with Gasteiger partial charge < -0.3 is 5.53 Å². The zero-order valence-corrected chi connectivity index (χ0v) is 23.6. The molecule has 1 aliphatic rings. The first-order valence-corrected chi connectivity index (χ1v) is 13.9. The van der Waals surface area contributed by atoms with E-state index in [0.29, 0.717) is 0 Å². The second-order valence-corrected chi connectivity index (χ2v) is 10.5. The van der Waals surface area contributed by atoms with Gasteiger partial charge in [0.2, 0.25) is 11.4 Å². The topological polar surface area (TPSA) is 25.3 Å². The molecule has 2 aromatic carbocycles. The third-order valence-corrected chi connectivity index (χ3v) is 7.74. The predicted octanol–water partition coefficient (Wildman–Crippen LogP) is 9.85. The molecular weight excluding hydrogens is 424 g/mol. The van der Waals surface area contributed by atoms with Gasteiger partial charge in [0.1, 0.15) is 0 Å². The van der Waals surface area contributed by atoms with Crippen LogP contribution in [0.5, 0.6) is 0 Å². The molecule has 2 nitrogen and oxygen atoms in total. The zero-order chi connectivity index (χ0) is 25.7. The molecule has 0 N–H and O–H groups in total. The summed E-state index contributed by atoms with van der Waals surface area (Å²) < 4.78 is 1.52. The van der Waals surface area contributed by atoms with Crippen molar-refractivity contribution in [2.24, 2.45) is 0 Å². The van der Waals surface area contributed by atoms with E-state index in [1.165, 1.54) is 55.6 Å². The molecule has 2 heteroatoms. The van der Waals surface area contributed by atoms with Crippen LogP contribution in [-0.4, -0.2) is 4.70 Å². The lowest BCUT2D eigenvalue weighted by Gasteiger charge is -2.18. The van der Waals surface area contributed by atoms with E-state index in [1.807, 2.05) is 0 Å². The van der Waals surface area contributed by atoms with Gasteiger partial charge in [-0.3, -0.25) is 0 Å². The van der Waals surface area contributed by atoms with E-state index in [4.69, 9.17) is 0 Å². The minimum Gasteiger partial charge on any atom is -0.493 e. The predicted molar refractivity (Wildman–Crippen MR) is 152 cm³/mol. The van der Waals surface area contributed by atoms with Gasteiger partial charge >= 0.3 is 0 Å². The number of hydrogen-bond acceptors (Lipinski definition) is 0. The summed E-state index contributed by atoms with van der Waals surface area (Å²) >= 11 is 0. The van der Waals surface area contributed by atoms with Crippen LogP contribution in [0.25, 0.3) is 16.9 Å². The number of allylic oxidation sites excluding steroid dienone is 2. The van der Waals surface area contributed by atoms with Crippen molar-refractivity contribution in [3.8, 4) is 0 Å². The van der Waals surface area contributed by atoms with Gasteiger partial charge in [0.25, 0.3) is 0 Å². The number of nitrogens with zero attached hydrogens (tertiary/aromatic N) is 2. The molecule has 3 rings (SSSR count). The normalized spacial score (nSPS) is 14.0. The number of rotatable bonds is 11. The third-order valence-electron chi connectivity index (χ3n) is 7.74. The Morgan fingerprint density at radius 1 is 0.629 bits per heavy atom. The summed E-state index contributed by atoms with van der Waals surface area (Å²) in [7, 11) is 0. The lowest BCUT2D eigenvalue weighted by atomic mass is 9.88. The zero-order valence-electron chi connectivity index (χ0n) is 23.6. The minimum atomic E-state index is 0.948. The number of hydrogen-bond donors (Lipinski definition) is 0. The average Bonchev–Trinajstić information content (AvgIpc) is 3.07. The first-order chi connectivity index (χ1) is 16.8. The molecule has 188 valence electrons. The van der Waals surface area contributed by atoms with Crippen LogP contribution in [0.3, 0.4) is 0 Å². The fourth-order valence-corrected chi connectivity index (χ4v) is 5.68. The van der Waals surface area contributed by atoms with E-state index in [-0.39, 0.29) is 0 Å². The van der Waals surface area contributed by atoms with Gasteiger partial charge in [0.05, 0.1) is 0 Å². The second kappa shape index (κ2) is 12.0. The molecule has 0 saturated carbocycles. The van der Waals surface area contributed by atoms with Crippen molar-refractivity contribution in [1.82, 2.24) is 0 Å². The van der Waals surface area contributed by atoms with E-state index in [1.54, 1.807) is 5.56 Å². The van der Waals surface area contributed by atoms with Crippen LogP contribution in [0.1, 0.15) is 118 Å². The van der Waals surface area contributed by atoms with Gasteiger partial charge in [-0.05, 0) is 117 Å². The Morgan fingerprint density at radius 3 is 1.63 bits per heavy atom. The van der Waals surface area contributed by atoms with Crippen molar-refractivity contribution in [1.29, 1.82) is 0 Å². The monoisotopic (exact) mass is 470 g/mol. The highest BCUT2D eigenvalue weighted by atomic mass is 15.2. The van der Waals surface area contributed by atoms with Gasteiger partial charge in [-0.1, -0.05) is 53.4 Å². The molecule has 0 aromatic heterocycles. The largest absolute Gasteiger partial charge is 0.493 e. The summed E-state index contributed by atoms with van der Waals surface area (Å²) in [5.41, 5.74) is 26.9. The Labute approximate surface area is 214 Å². The fraction of sp³-hybridized carbons (Fsp3) is 0.515. The summed E-state index contributed by atoms with van der Waals surface area (Å²) in [5, 5.41) is 0. The van der Waals surface area contributed by atoms with Crippen molar-refractivity contribution in [3.05, 3.63) is 85.5 Å². The maximum atomic E-state index is 11.8. The highest BCUT2D eigenvalue weighted by Crippen LogP contribution is 2.43. The molecule has 0 amide bonds. The lowest BCUT2D eigenvalue weighted by Crippen LogP contribution is -2.07. The van der Waals surface area contributed by atoms with Crippen LogP contribution >= 0.6 is 0 Å². The third kappa shape index (κ3) is 5.52. The molecule has 35 heavy (non-hydrogen) atoms. The van der Waals surface area contributed by atoms with Gasteiger partial charge in [-0.2, -0.15) is 0 Å². The molecule has 2 aromatic rings. The summed E-state index contributed by atoms with van der Waals surface area (Å²) in [6.45, 7) is 17.8. The molecule has 0 bridgehead atoms. The molecule has 0 radical (unpaired) electrons. The van der Waals surface area contributed by atoms with E-state index >= 15 is 0 Å². The first kappa shape index (κ1) is 27.1. The maximum Gasteiger partial charge on any atom is 0.211 e. The molecule has 0 fully saturated rings. The van der Waals surface area contributed by atoms with Crippen LogP contribution in [0.15, 0.2) is 35.4 Å². The molecule has 0 saturated heterocycles. The highest BCUT2D eigenvalue weighted by molar-refractivity contribution is 5.82. The summed E-state index contributed by atoms with van der Waals surface area (Å²) in [6.07, 6.45) is 10.0. The van der Waals surface area contributed by atoms with Gasteiger partial charge in [-0.25, -0.2) is 4.70 Å². The summed E-state index contributed by atoms with van der Waals surface area (Å²) in [5.74, 6) is 0. The SMILES string of the molecule is CCCCC1=C(c2cc(CCC)c(CCC)c(CCC)c2)[N+](=[N-])C(c2cc(C)c(C)c(C)c2)=C1C. The Hall–Kier alpha value is -2.48. The Kier molecular flexibility index (Phi) is 9.27. The van der Waals surface area contributed by atoms with Crippen molar-refractivity contribution in [3.63, 3.8) is 0 Å². The van der Waals surface area contributed by atoms with Crippen molar-refractivity contribution in [2.45, 2.75) is 113 Å². The van der Waals surface area contributed by atoms with Crippen molar-refractivity contribution in [2.75, 3.05) is 0 Å². The summed E-state index contributed by atoms with van der Waals surface area (Å²) in [4.78, 5) is 0. The standard InChI is InChI=1S/C33H46N2/c1-9-13-17-30-25(8)32(28-18-22(5)24(7)23(6)19-28)35(34)33(30)29-20-26(14-10-2)31(16-12-4)27(21-29)15-11-3/h18-21H,9-17H2,1-8H3. The minimum absolute atomic E-state index is 0.948. The van der Waals surface area contributed by atoms with E-state index in [2.05, 4.69) is 79.7 Å². The second-order valence-electron chi connectivity index (χ2n) is 10.5. The smallest absolute Gasteiger partial charge is 0.211 e. The molecular formula is C33H46N2. The average molecular weight is 471 g/mol. The Morgan fingerprint density at radius 2 is 1.14 bits per heavy atom. The van der Waals surface area contributed by atoms with Crippen molar-refractivity contribution >= 4 is 11.4 Å². The number of benzene rings is 2. The van der Waals surface area contributed by atoms with E-state index < -0.39 is 0 Å². The Balaban J connectivity index is 2.22. The fourth-order valence-electron chi connectivity index (χ4n) is 5.68. The summed E-state index contributed by atoms with van der Waals surface area (Å²) in [6, 6.07) is 9.25. The van der Waals surface area contributed by atoms with Gasteiger partial charge in [0, 0.05) is 22.3 Å². The van der Waals surface area contributed by atoms with E-state index in [9.17, 15) is 5.53 Å². The molecule has 0 atom stereocenters. The van der Waals surface area contributed by atoms with Crippen LogP contribution in [0.2, 0.25) is 0 Å². The van der Waals surface area contributed by atoms with Crippen LogP contribution < -0.4 is 0 Å². The lowest BCUT2D eigenvalue weighted by molar-refractivity contribution is -0.345. The maximum absolute atomic E-state index is 11.8. The van der Waals surface area contributed by atoms with Crippen LogP contribution in [-0.2, 0) is 19.3 Å². The number of unbranched alkanes of at least 4 members (excludes halogenated alkanes) is 1. The highest BCUT2D eigenvalue weighted by Gasteiger charge is 2.34. The van der Waals surface area contributed by atoms with E-state index in [0.717, 1.165) is 68.3 Å². The Bertz CT molecular complexity index is 1110.